The second kappa shape index (κ2) is 3.31. The molecule has 3 N–H and O–H groups in total. The molecule has 0 spiro atoms. The summed E-state index contributed by atoms with van der Waals surface area (Å²) in [6.45, 7) is 1.93. The van der Waals surface area contributed by atoms with Gasteiger partial charge in [-0.25, -0.2) is 4.39 Å². The van der Waals surface area contributed by atoms with Crippen molar-refractivity contribution in [1.82, 2.24) is 5.48 Å². The molecule has 14 heavy (non-hydrogen) atoms. The van der Waals surface area contributed by atoms with Crippen molar-refractivity contribution in [3.63, 3.8) is 0 Å². The molecule has 0 aromatic heterocycles. The van der Waals surface area contributed by atoms with Crippen molar-refractivity contribution in [1.29, 1.82) is 0 Å². The van der Waals surface area contributed by atoms with Crippen molar-refractivity contribution in [2.75, 3.05) is 0 Å². The minimum absolute atomic E-state index is 0.0282. The van der Waals surface area contributed by atoms with Gasteiger partial charge in [-0.2, -0.15) is 0 Å². The number of rotatable bonds is 1. The minimum Gasteiger partial charge on any atom is -0.390 e. The van der Waals surface area contributed by atoms with Gasteiger partial charge in [-0.05, 0) is 24.6 Å². The summed E-state index contributed by atoms with van der Waals surface area (Å²) < 4.78 is 12.7. The Morgan fingerprint density at radius 2 is 2.00 bits per heavy atom. The average molecular weight is 194 g/mol. The van der Waals surface area contributed by atoms with Gasteiger partial charge >= 0.3 is 0 Å². The van der Waals surface area contributed by atoms with Crippen LogP contribution in [0, 0.1) is 5.82 Å². The molecule has 1 aromatic rings. The molecule has 0 fully saturated rings. The van der Waals surface area contributed by atoms with E-state index in [0.29, 0.717) is 5.88 Å². The van der Waals surface area contributed by atoms with E-state index in [-0.39, 0.29) is 11.9 Å². The van der Waals surface area contributed by atoms with E-state index in [4.69, 9.17) is 10.6 Å². The standard InChI is InChI=1S/C10H11FN2O/c1-6-9(10(12)14-13-6)7-2-4-8(11)5-3-7/h2-6,13H,12H2,1H3. The SMILES string of the molecule is CC1NOC(N)=C1c1ccc(F)cc1. The van der Waals surface area contributed by atoms with Crippen LogP contribution in [0.5, 0.6) is 0 Å². The maximum Gasteiger partial charge on any atom is 0.214 e. The summed E-state index contributed by atoms with van der Waals surface area (Å²) in [6.07, 6.45) is 0. The molecular formula is C10H11FN2O. The Kier molecular flexibility index (Phi) is 2.13. The third-order valence-electron chi connectivity index (χ3n) is 2.20. The summed E-state index contributed by atoms with van der Waals surface area (Å²) in [4.78, 5) is 4.98. The lowest BCUT2D eigenvalue weighted by Crippen LogP contribution is -2.19. The Hall–Kier alpha value is -1.55. The van der Waals surface area contributed by atoms with Gasteiger partial charge in [0.2, 0.25) is 5.88 Å². The number of nitrogens with one attached hydrogen (secondary N) is 1. The zero-order valence-corrected chi connectivity index (χ0v) is 7.75. The predicted molar refractivity (Wildman–Crippen MR) is 51.2 cm³/mol. The van der Waals surface area contributed by atoms with Gasteiger partial charge in [-0.1, -0.05) is 12.1 Å². The third kappa shape index (κ3) is 1.44. The normalized spacial score (nSPS) is 21.1. The largest absolute Gasteiger partial charge is 0.390 e. The smallest absolute Gasteiger partial charge is 0.214 e. The first-order valence-corrected chi connectivity index (χ1v) is 4.36. The summed E-state index contributed by atoms with van der Waals surface area (Å²) in [7, 11) is 0. The monoisotopic (exact) mass is 194 g/mol. The summed E-state index contributed by atoms with van der Waals surface area (Å²) in [5.74, 6) is 0.0940. The number of hydrogen-bond acceptors (Lipinski definition) is 3. The van der Waals surface area contributed by atoms with Crippen LogP contribution in [0.2, 0.25) is 0 Å². The maximum absolute atomic E-state index is 12.7. The quantitative estimate of drug-likeness (QED) is 0.710. The van der Waals surface area contributed by atoms with Crippen LogP contribution in [-0.2, 0) is 4.84 Å². The Bertz CT molecular complexity index is 372. The number of benzene rings is 1. The van der Waals surface area contributed by atoms with E-state index in [1.54, 1.807) is 12.1 Å². The predicted octanol–water partition coefficient (Wildman–Crippen LogP) is 1.38. The lowest BCUT2D eigenvalue weighted by molar-refractivity contribution is 0.118. The zero-order chi connectivity index (χ0) is 10.1. The molecule has 2 rings (SSSR count). The highest BCUT2D eigenvalue weighted by Crippen LogP contribution is 2.25. The molecule has 0 saturated heterocycles. The van der Waals surface area contributed by atoms with E-state index in [0.717, 1.165) is 11.1 Å². The van der Waals surface area contributed by atoms with Gasteiger partial charge < -0.3 is 10.6 Å². The van der Waals surface area contributed by atoms with Gasteiger partial charge in [-0.3, -0.25) is 0 Å². The molecule has 0 aliphatic carbocycles. The summed E-state index contributed by atoms with van der Waals surface area (Å²) in [5.41, 5.74) is 10.1. The molecule has 0 amide bonds. The lowest BCUT2D eigenvalue weighted by Gasteiger charge is -2.06. The Morgan fingerprint density at radius 1 is 1.36 bits per heavy atom. The fourth-order valence-electron chi connectivity index (χ4n) is 1.50. The van der Waals surface area contributed by atoms with Gasteiger partial charge in [0.25, 0.3) is 0 Å². The molecule has 1 aliphatic rings. The number of hydroxylamine groups is 1. The Balaban J connectivity index is 2.39. The van der Waals surface area contributed by atoms with Crippen molar-refractivity contribution in [3.05, 3.63) is 41.5 Å². The van der Waals surface area contributed by atoms with Gasteiger partial charge in [-0.15, -0.1) is 5.48 Å². The fourth-order valence-corrected chi connectivity index (χ4v) is 1.50. The van der Waals surface area contributed by atoms with Gasteiger partial charge in [0.15, 0.2) is 0 Å². The first kappa shape index (κ1) is 9.02. The topological polar surface area (TPSA) is 47.3 Å². The van der Waals surface area contributed by atoms with Crippen LogP contribution in [0.25, 0.3) is 5.57 Å². The van der Waals surface area contributed by atoms with Crippen molar-refractivity contribution in [3.8, 4) is 0 Å². The molecule has 4 heteroatoms. The van der Waals surface area contributed by atoms with Crippen LogP contribution in [0.15, 0.2) is 30.1 Å². The highest BCUT2D eigenvalue weighted by molar-refractivity contribution is 5.71. The average Bonchev–Trinajstić information content (AvgIpc) is 2.49. The van der Waals surface area contributed by atoms with Crippen LogP contribution < -0.4 is 11.2 Å². The molecule has 1 unspecified atom stereocenters. The molecule has 74 valence electrons. The van der Waals surface area contributed by atoms with Gasteiger partial charge in [0.1, 0.15) is 5.82 Å². The van der Waals surface area contributed by atoms with Crippen molar-refractivity contribution in [2.45, 2.75) is 13.0 Å². The minimum atomic E-state index is -0.257. The van der Waals surface area contributed by atoms with Crippen LogP contribution in [0.1, 0.15) is 12.5 Å². The van der Waals surface area contributed by atoms with Crippen molar-refractivity contribution >= 4 is 5.57 Å². The second-order valence-electron chi connectivity index (χ2n) is 3.23. The molecular weight excluding hydrogens is 183 g/mol. The van der Waals surface area contributed by atoms with Crippen molar-refractivity contribution < 1.29 is 9.23 Å². The van der Waals surface area contributed by atoms with E-state index >= 15 is 0 Å². The van der Waals surface area contributed by atoms with Crippen LogP contribution in [0.4, 0.5) is 4.39 Å². The molecule has 1 aliphatic heterocycles. The molecule has 3 nitrogen and oxygen atoms in total. The fraction of sp³-hybridized carbons (Fsp3) is 0.200. The molecule has 1 aromatic carbocycles. The molecule has 0 saturated carbocycles. The number of hydrogen-bond donors (Lipinski definition) is 2. The summed E-state index contributed by atoms with van der Waals surface area (Å²) >= 11 is 0. The Labute approximate surface area is 81.3 Å². The van der Waals surface area contributed by atoms with E-state index in [9.17, 15) is 4.39 Å². The number of halogens is 1. The lowest BCUT2D eigenvalue weighted by atomic mass is 10.0. The van der Waals surface area contributed by atoms with E-state index < -0.39 is 0 Å². The summed E-state index contributed by atoms with van der Waals surface area (Å²) in [6, 6.07) is 6.20. The molecule has 0 bridgehead atoms. The van der Waals surface area contributed by atoms with Gasteiger partial charge in [0.05, 0.1) is 6.04 Å². The third-order valence-corrected chi connectivity index (χ3v) is 2.20. The summed E-state index contributed by atoms with van der Waals surface area (Å²) in [5, 5.41) is 0. The highest BCUT2D eigenvalue weighted by atomic mass is 19.1. The maximum atomic E-state index is 12.7. The molecule has 1 heterocycles. The van der Waals surface area contributed by atoms with Crippen LogP contribution in [-0.4, -0.2) is 6.04 Å². The van der Waals surface area contributed by atoms with Crippen molar-refractivity contribution in [2.24, 2.45) is 5.73 Å². The van der Waals surface area contributed by atoms with Crippen LogP contribution in [0.3, 0.4) is 0 Å². The molecule has 1 atom stereocenters. The second-order valence-corrected chi connectivity index (χ2v) is 3.23. The number of nitrogens with two attached hydrogens (primary N) is 1. The highest BCUT2D eigenvalue weighted by Gasteiger charge is 2.22. The van der Waals surface area contributed by atoms with Crippen LogP contribution >= 0.6 is 0 Å². The molecule has 0 radical (unpaired) electrons. The van der Waals surface area contributed by atoms with Gasteiger partial charge in [0, 0.05) is 5.57 Å². The van der Waals surface area contributed by atoms with E-state index in [1.165, 1.54) is 12.1 Å². The zero-order valence-electron chi connectivity index (χ0n) is 7.75. The Morgan fingerprint density at radius 3 is 2.50 bits per heavy atom. The van der Waals surface area contributed by atoms with E-state index in [2.05, 4.69) is 5.48 Å². The first-order chi connectivity index (χ1) is 6.68. The van der Waals surface area contributed by atoms with E-state index in [1.807, 2.05) is 6.92 Å². The first-order valence-electron chi connectivity index (χ1n) is 4.36.